The zero-order valence-corrected chi connectivity index (χ0v) is 18.1. The van der Waals surface area contributed by atoms with Gasteiger partial charge in [-0.3, -0.25) is 9.59 Å². The number of rotatable bonds is 6. The molecular formula is C23H25ClN2O5. The second-order valence-corrected chi connectivity index (χ2v) is 7.70. The third-order valence-corrected chi connectivity index (χ3v) is 5.34. The maximum atomic E-state index is 12.7. The van der Waals surface area contributed by atoms with Gasteiger partial charge in [0.25, 0.3) is 11.8 Å². The SMILES string of the molecule is CCOC(=O)Oc1ccc(C(=O)N2CCC(CNC(=O)c3cccc(Cl)c3)CC2)cc1. The van der Waals surface area contributed by atoms with Crippen LogP contribution in [0.1, 0.15) is 40.5 Å². The summed E-state index contributed by atoms with van der Waals surface area (Å²) in [6, 6.07) is 13.3. The van der Waals surface area contributed by atoms with E-state index in [0.29, 0.717) is 47.5 Å². The van der Waals surface area contributed by atoms with Crippen LogP contribution in [-0.4, -0.2) is 49.1 Å². The van der Waals surface area contributed by atoms with Gasteiger partial charge >= 0.3 is 6.16 Å². The minimum absolute atomic E-state index is 0.0657. The van der Waals surface area contributed by atoms with E-state index in [1.165, 1.54) is 0 Å². The van der Waals surface area contributed by atoms with E-state index in [4.69, 9.17) is 21.1 Å². The molecule has 0 radical (unpaired) electrons. The van der Waals surface area contributed by atoms with Crippen LogP contribution >= 0.6 is 11.6 Å². The highest BCUT2D eigenvalue weighted by molar-refractivity contribution is 6.30. The summed E-state index contributed by atoms with van der Waals surface area (Å²) in [6.07, 6.45) is 0.850. The zero-order valence-electron chi connectivity index (χ0n) is 17.3. The van der Waals surface area contributed by atoms with Crippen molar-refractivity contribution >= 4 is 29.6 Å². The van der Waals surface area contributed by atoms with Crippen molar-refractivity contribution < 1.29 is 23.9 Å². The molecular weight excluding hydrogens is 420 g/mol. The van der Waals surface area contributed by atoms with Crippen LogP contribution in [0, 0.1) is 5.92 Å². The maximum Gasteiger partial charge on any atom is 0.513 e. The zero-order chi connectivity index (χ0) is 22.2. The Morgan fingerprint density at radius 2 is 1.77 bits per heavy atom. The largest absolute Gasteiger partial charge is 0.513 e. The summed E-state index contributed by atoms with van der Waals surface area (Å²) >= 11 is 5.93. The number of amides is 2. The van der Waals surface area contributed by atoms with Gasteiger partial charge in [-0.15, -0.1) is 0 Å². The molecule has 1 heterocycles. The molecule has 0 aromatic heterocycles. The number of halogens is 1. The third-order valence-electron chi connectivity index (χ3n) is 5.10. The summed E-state index contributed by atoms with van der Waals surface area (Å²) in [5.74, 6) is 0.423. The lowest BCUT2D eigenvalue weighted by Crippen LogP contribution is -2.41. The van der Waals surface area contributed by atoms with Crippen molar-refractivity contribution in [2.75, 3.05) is 26.2 Å². The Labute approximate surface area is 186 Å². The number of carbonyl (C=O) groups excluding carboxylic acids is 3. The van der Waals surface area contributed by atoms with E-state index >= 15 is 0 Å². The van der Waals surface area contributed by atoms with Gasteiger partial charge in [-0.1, -0.05) is 17.7 Å². The molecule has 31 heavy (non-hydrogen) atoms. The fourth-order valence-corrected chi connectivity index (χ4v) is 3.59. The normalized spacial score (nSPS) is 14.1. The van der Waals surface area contributed by atoms with Crippen molar-refractivity contribution in [3.8, 4) is 5.75 Å². The molecule has 0 bridgehead atoms. The van der Waals surface area contributed by atoms with Crippen LogP contribution in [0.25, 0.3) is 0 Å². The Morgan fingerprint density at radius 3 is 2.42 bits per heavy atom. The first-order valence-corrected chi connectivity index (χ1v) is 10.6. The van der Waals surface area contributed by atoms with Gasteiger partial charge in [0, 0.05) is 35.8 Å². The van der Waals surface area contributed by atoms with Crippen molar-refractivity contribution in [2.45, 2.75) is 19.8 Å². The average Bonchev–Trinajstić information content (AvgIpc) is 2.78. The lowest BCUT2D eigenvalue weighted by Gasteiger charge is -2.32. The quantitative estimate of drug-likeness (QED) is 0.534. The van der Waals surface area contributed by atoms with Crippen LogP contribution in [0.2, 0.25) is 5.02 Å². The highest BCUT2D eigenvalue weighted by Crippen LogP contribution is 2.20. The van der Waals surface area contributed by atoms with E-state index in [1.54, 1.807) is 60.4 Å². The number of benzene rings is 2. The van der Waals surface area contributed by atoms with Gasteiger partial charge in [0.2, 0.25) is 0 Å². The van der Waals surface area contributed by atoms with E-state index < -0.39 is 6.16 Å². The van der Waals surface area contributed by atoms with Gasteiger partial charge in [-0.2, -0.15) is 0 Å². The van der Waals surface area contributed by atoms with Crippen molar-refractivity contribution in [3.05, 3.63) is 64.7 Å². The molecule has 2 aromatic rings. The molecule has 1 aliphatic rings. The van der Waals surface area contributed by atoms with Crippen molar-refractivity contribution in [1.29, 1.82) is 0 Å². The number of hydrogen-bond acceptors (Lipinski definition) is 5. The van der Waals surface area contributed by atoms with Gasteiger partial charge in [0.1, 0.15) is 5.75 Å². The van der Waals surface area contributed by atoms with E-state index in [9.17, 15) is 14.4 Å². The first-order chi connectivity index (χ1) is 15.0. The van der Waals surface area contributed by atoms with Crippen LogP contribution < -0.4 is 10.1 Å². The van der Waals surface area contributed by atoms with Gasteiger partial charge in [-0.25, -0.2) is 4.79 Å². The van der Waals surface area contributed by atoms with Crippen LogP contribution in [0.4, 0.5) is 4.79 Å². The molecule has 2 amide bonds. The molecule has 8 heteroatoms. The van der Waals surface area contributed by atoms with E-state index in [2.05, 4.69) is 5.32 Å². The smallest absolute Gasteiger partial charge is 0.434 e. The molecule has 1 aliphatic heterocycles. The fourth-order valence-electron chi connectivity index (χ4n) is 3.40. The predicted octanol–water partition coefficient (Wildman–Crippen LogP) is 4.16. The molecule has 0 unspecified atom stereocenters. The Bertz CT molecular complexity index is 924. The second kappa shape index (κ2) is 10.8. The molecule has 0 atom stereocenters. The van der Waals surface area contributed by atoms with Gasteiger partial charge in [0.05, 0.1) is 6.61 Å². The topological polar surface area (TPSA) is 84.9 Å². The molecule has 1 N–H and O–H groups in total. The number of nitrogens with zero attached hydrogens (tertiary/aromatic N) is 1. The lowest BCUT2D eigenvalue weighted by atomic mass is 9.96. The molecule has 0 aliphatic carbocycles. The van der Waals surface area contributed by atoms with Gasteiger partial charge in [0.15, 0.2) is 0 Å². The third kappa shape index (κ3) is 6.46. The summed E-state index contributed by atoms with van der Waals surface area (Å²) < 4.78 is 9.73. The van der Waals surface area contributed by atoms with Crippen LogP contribution in [0.15, 0.2) is 48.5 Å². The van der Waals surface area contributed by atoms with Gasteiger partial charge in [-0.05, 0) is 68.1 Å². The molecule has 164 valence electrons. The number of ether oxygens (including phenoxy) is 2. The molecule has 3 rings (SSSR count). The van der Waals surface area contributed by atoms with Crippen molar-refractivity contribution in [1.82, 2.24) is 10.2 Å². The van der Waals surface area contributed by atoms with Crippen molar-refractivity contribution in [3.63, 3.8) is 0 Å². The first kappa shape index (κ1) is 22.6. The second-order valence-electron chi connectivity index (χ2n) is 7.27. The Hall–Kier alpha value is -3.06. The monoisotopic (exact) mass is 444 g/mol. The number of likely N-dealkylation sites (tertiary alicyclic amines) is 1. The van der Waals surface area contributed by atoms with Crippen LogP contribution in [0.5, 0.6) is 5.75 Å². The highest BCUT2D eigenvalue weighted by Gasteiger charge is 2.24. The summed E-state index contributed by atoms with van der Waals surface area (Å²) in [5, 5.41) is 3.48. The molecule has 0 spiro atoms. The minimum atomic E-state index is -0.772. The van der Waals surface area contributed by atoms with Crippen LogP contribution in [-0.2, 0) is 4.74 Å². The molecule has 7 nitrogen and oxygen atoms in total. The summed E-state index contributed by atoms with van der Waals surface area (Å²) in [4.78, 5) is 38.1. The standard InChI is InChI=1S/C23H25ClN2O5/c1-2-30-23(29)31-20-8-6-17(7-9-20)22(28)26-12-10-16(11-13-26)15-25-21(27)18-4-3-5-19(24)14-18/h3-9,14,16H,2,10-13,15H2,1H3,(H,25,27). The number of hydrogen-bond donors (Lipinski definition) is 1. The molecule has 0 saturated carbocycles. The minimum Gasteiger partial charge on any atom is -0.434 e. The van der Waals surface area contributed by atoms with E-state index in [0.717, 1.165) is 12.8 Å². The molecule has 2 aromatic carbocycles. The lowest BCUT2D eigenvalue weighted by molar-refractivity contribution is 0.0684. The number of piperidine rings is 1. The van der Waals surface area contributed by atoms with Crippen molar-refractivity contribution in [2.24, 2.45) is 5.92 Å². The van der Waals surface area contributed by atoms with E-state index in [-0.39, 0.29) is 18.4 Å². The summed E-state index contributed by atoms with van der Waals surface area (Å²) in [5.41, 5.74) is 1.07. The van der Waals surface area contributed by atoms with E-state index in [1.807, 2.05) is 0 Å². The fraction of sp³-hybridized carbons (Fsp3) is 0.348. The summed E-state index contributed by atoms with van der Waals surface area (Å²) in [6.45, 7) is 3.73. The Balaban J connectivity index is 1.45. The Morgan fingerprint density at radius 1 is 1.06 bits per heavy atom. The first-order valence-electron chi connectivity index (χ1n) is 10.2. The predicted molar refractivity (Wildman–Crippen MR) is 117 cm³/mol. The average molecular weight is 445 g/mol. The van der Waals surface area contributed by atoms with Crippen LogP contribution in [0.3, 0.4) is 0 Å². The summed E-state index contributed by atoms with van der Waals surface area (Å²) in [7, 11) is 0. The number of carbonyl (C=O) groups is 3. The molecule has 1 fully saturated rings. The maximum absolute atomic E-state index is 12.7. The Kier molecular flexibility index (Phi) is 7.89. The van der Waals surface area contributed by atoms with Gasteiger partial charge < -0.3 is 19.7 Å². The number of nitrogens with one attached hydrogen (secondary N) is 1. The highest BCUT2D eigenvalue weighted by atomic mass is 35.5. The molecule has 1 saturated heterocycles.